The first-order valence-corrected chi connectivity index (χ1v) is 9.62. The van der Waals surface area contributed by atoms with Gasteiger partial charge in [-0.3, -0.25) is 14.5 Å². The number of nitrogens with zero attached hydrogens (tertiary/aromatic N) is 1. The van der Waals surface area contributed by atoms with E-state index in [2.05, 4.69) is 0 Å². The van der Waals surface area contributed by atoms with Gasteiger partial charge in [-0.2, -0.15) is 0 Å². The number of carbonyl (C=O) groups is 2. The van der Waals surface area contributed by atoms with Crippen LogP contribution in [0.2, 0.25) is 0 Å². The van der Waals surface area contributed by atoms with Gasteiger partial charge in [0.05, 0.1) is 5.69 Å². The Labute approximate surface area is 156 Å². The van der Waals surface area contributed by atoms with Gasteiger partial charge in [0.15, 0.2) is 5.78 Å². The number of ketones is 1. The molecule has 2 heterocycles. The minimum absolute atomic E-state index is 0.0850. The van der Waals surface area contributed by atoms with Crippen LogP contribution in [0, 0.1) is 11.2 Å². The lowest BCUT2D eigenvalue weighted by molar-refractivity contribution is -0.120. The van der Waals surface area contributed by atoms with E-state index in [1.54, 1.807) is 28.4 Å². The number of rotatable bonds is 2. The van der Waals surface area contributed by atoms with Crippen molar-refractivity contribution in [3.8, 4) is 0 Å². The summed E-state index contributed by atoms with van der Waals surface area (Å²) in [6.07, 6.45) is 1.33. The fourth-order valence-electron chi connectivity index (χ4n) is 4.06. The Morgan fingerprint density at radius 1 is 1.15 bits per heavy atom. The summed E-state index contributed by atoms with van der Waals surface area (Å²) in [7, 11) is 0. The van der Waals surface area contributed by atoms with E-state index >= 15 is 0 Å². The van der Waals surface area contributed by atoms with Gasteiger partial charge in [0, 0.05) is 34.9 Å². The molecule has 0 spiro atoms. The highest BCUT2D eigenvalue weighted by Crippen LogP contribution is 2.48. The Hall–Kier alpha value is -2.27. The summed E-state index contributed by atoms with van der Waals surface area (Å²) in [5, 5.41) is 1.97. The number of amides is 1. The summed E-state index contributed by atoms with van der Waals surface area (Å²) >= 11 is 1.57. The summed E-state index contributed by atoms with van der Waals surface area (Å²) in [6, 6.07) is 9.97. The van der Waals surface area contributed by atoms with Gasteiger partial charge in [-0.1, -0.05) is 26.0 Å². The van der Waals surface area contributed by atoms with E-state index in [1.165, 1.54) is 12.1 Å². The monoisotopic (exact) mass is 369 g/mol. The van der Waals surface area contributed by atoms with Crippen LogP contribution in [0.15, 0.2) is 53.0 Å². The smallest absolute Gasteiger partial charge is 0.232 e. The molecule has 3 nitrogen and oxygen atoms in total. The number of halogens is 1. The molecular weight excluding hydrogens is 349 g/mol. The zero-order valence-electron chi connectivity index (χ0n) is 14.8. The molecule has 0 N–H and O–H groups in total. The highest BCUT2D eigenvalue weighted by atomic mass is 32.1. The van der Waals surface area contributed by atoms with Gasteiger partial charge < -0.3 is 0 Å². The first-order chi connectivity index (χ1) is 12.4. The van der Waals surface area contributed by atoms with Crippen molar-refractivity contribution in [3.63, 3.8) is 0 Å². The molecule has 1 atom stereocenters. The number of carbonyl (C=O) groups excluding carboxylic acids is 2. The van der Waals surface area contributed by atoms with E-state index in [4.69, 9.17) is 0 Å². The Balaban J connectivity index is 1.91. The second-order valence-electron chi connectivity index (χ2n) is 7.78. The van der Waals surface area contributed by atoms with Gasteiger partial charge in [-0.15, -0.1) is 11.3 Å². The number of Topliss-reactive ketones (excluding diaryl/α,β-unsaturated/α-hetero) is 1. The maximum atomic E-state index is 13.8. The molecule has 1 aromatic heterocycles. The molecule has 0 unspecified atom stereocenters. The van der Waals surface area contributed by atoms with E-state index in [-0.39, 0.29) is 35.3 Å². The summed E-state index contributed by atoms with van der Waals surface area (Å²) in [5.74, 6) is -0.563. The molecule has 4 rings (SSSR count). The highest BCUT2D eigenvalue weighted by Gasteiger charge is 2.44. The van der Waals surface area contributed by atoms with Gasteiger partial charge in [0.1, 0.15) is 5.82 Å². The summed E-state index contributed by atoms with van der Waals surface area (Å²) < 4.78 is 13.8. The SMILES string of the molecule is CC1(C)CC(=O)C2=C(C1)N(c1cccc(F)c1)C(=O)C[C@H]2c1cccs1. The molecule has 0 saturated heterocycles. The quantitative estimate of drug-likeness (QED) is 0.743. The molecule has 26 heavy (non-hydrogen) atoms. The van der Waals surface area contributed by atoms with Crippen LogP contribution < -0.4 is 4.90 Å². The molecule has 0 radical (unpaired) electrons. The third kappa shape index (κ3) is 2.90. The van der Waals surface area contributed by atoms with Crippen molar-refractivity contribution < 1.29 is 14.0 Å². The van der Waals surface area contributed by atoms with E-state index in [1.807, 2.05) is 31.4 Å². The van der Waals surface area contributed by atoms with Crippen molar-refractivity contribution in [1.29, 1.82) is 0 Å². The molecule has 0 fully saturated rings. The molecule has 1 aromatic carbocycles. The van der Waals surface area contributed by atoms with E-state index < -0.39 is 0 Å². The Morgan fingerprint density at radius 3 is 2.65 bits per heavy atom. The lowest BCUT2D eigenvalue weighted by atomic mass is 9.70. The van der Waals surface area contributed by atoms with Gasteiger partial charge >= 0.3 is 0 Å². The van der Waals surface area contributed by atoms with Gasteiger partial charge in [0.25, 0.3) is 0 Å². The van der Waals surface area contributed by atoms with Crippen molar-refractivity contribution in [3.05, 3.63) is 63.7 Å². The maximum absolute atomic E-state index is 13.8. The fraction of sp³-hybridized carbons (Fsp3) is 0.333. The highest BCUT2D eigenvalue weighted by molar-refractivity contribution is 7.10. The van der Waals surface area contributed by atoms with Crippen LogP contribution in [0.25, 0.3) is 0 Å². The number of anilines is 1. The van der Waals surface area contributed by atoms with E-state index in [0.717, 1.165) is 16.1 Å². The van der Waals surface area contributed by atoms with E-state index in [9.17, 15) is 14.0 Å². The minimum Gasteiger partial charge on any atom is -0.294 e. The van der Waals surface area contributed by atoms with Crippen molar-refractivity contribution in [2.75, 3.05) is 4.90 Å². The molecule has 1 aliphatic carbocycles. The largest absolute Gasteiger partial charge is 0.294 e. The third-order valence-electron chi connectivity index (χ3n) is 5.10. The van der Waals surface area contributed by atoms with Crippen LogP contribution in [-0.4, -0.2) is 11.7 Å². The van der Waals surface area contributed by atoms with Crippen LogP contribution in [0.4, 0.5) is 10.1 Å². The molecule has 2 aliphatic rings. The second-order valence-corrected chi connectivity index (χ2v) is 8.76. The Kier molecular flexibility index (Phi) is 4.07. The van der Waals surface area contributed by atoms with Crippen LogP contribution in [-0.2, 0) is 9.59 Å². The van der Waals surface area contributed by atoms with Crippen molar-refractivity contribution in [2.45, 2.75) is 39.0 Å². The van der Waals surface area contributed by atoms with E-state index in [0.29, 0.717) is 18.5 Å². The lowest BCUT2D eigenvalue weighted by Crippen LogP contribution is -2.43. The molecule has 134 valence electrons. The summed E-state index contributed by atoms with van der Waals surface area (Å²) in [5.41, 5.74) is 1.75. The molecular formula is C21H20FNO2S. The predicted molar refractivity (Wildman–Crippen MR) is 101 cm³/mol. The van der Waals surface area contributed by atoms with Crippen LogP contribution in [0.5, 0.6) is 0 Å². The number of hydrogen-bond donors (Lipinski definition) is 0. The van der Waals surface area contributed by atoms with Crippen LogP contribution >= 0.6 is 11.3 Å². The zero-order valence-corrected chi connectivity index (χ0v) is 15.6. The van der Waals surface area contributed by atoms with Crippen LogP contribution in [0.1, 0.15) is 43.9 Å². The summed E-state index contributed by atoms with van der Waals surface area (Å²) in [4.78, 5) is 28.7. The molecule has 5 heteroatoms. The zero-order chi connectivity index (χ0) is 18.5. The molecule has 0 saturated carbocycles. The number of thiophene rings is 1. The predicted octanol–water partition coefficient (Wildman–Crippen LogP) is 5.05. The number of hydrogen-bond acceptors (Lipinski definition) is 3. The first kappa shape index (κ1) is 17.2. The number of benzene rings is 1. The average Bonchev–Trinajstić information content (AvgIpc) is 3.06. The van der Waals surface area contributed by atoms with Gasteiger partial charge in [-0.05, 0) is 41.5 Å². The van der Waals surface area contributed by atoms with Gasteiger partial charge in [0.2, 0.25) is 5.91 Å². The van der Waals surface area contributed by atoms with Crippen molar-refractivity contribution >= 4 is 28.7 Å². The Bertz CT molecular complexity index is 914. The Morgan fingerprint density at radius 2 is 1.96 bits per heavy atom. The van der Waals surface area contributed by atoms with Crippen molar-refractivity contribution in [1.82, 2.24) is 0 Å². The lowest BCUT2D eigenvalue weighted by Gasteiger charge is -2.42. The second kappa shape index (κ2) is 6.16. The normalized spacial score (nSPS) is 22.6. The van der Waals surface area contributed by atoms with Gasteiger partial charge in [-0.25, -0.2) is 4.39 Å². The molecule has 0 bridgehead atoms. The standard InChI is InChI=1S/C21H20FNO2S/c1-21(2)11-16-20(17(24)12-21)15(18-7-4-8-26-18)10-19(25)23(16)14-6-3-5-13(22)9-14/h3-9,15H,10-12H2,1-2H3/t15-/m0/s1. The molecule has 2 aromatic rings. The van der Waals surface area contributed by atoms with Crippen molar-refractivity contribution in [2.24, 2.45) is 5.41 Å². The third-order valence-corrected chi connectivity index (χ3v) is 6.08. The summed E-state index contributed by atoms with van der Waals surface area (Å²) in [6.45, 7) is 4.08. The minimum atomic E-state index is -0.390. The average molecular weight is 369 g/mol. The van der Waals surface area contributed by atoms with Crippen LogP contribution in [0.3, 0.4) is 0 Å². The fourth-order valence-corrected chi connectivity index (χ4v) is 4.90. The topological polar surface area (TPSA) is 37.4 Å². The molecule has 1 amide bonds. The number of allylic oxidation sites excluding steroid dienone is 2. The maximum Gasteiger partial charge on any atom is 0.232 e. The molecule has 1 aliphatic heterocycles. The first-order valence-electron chi connectivity index (χ1n) is 8.74.